The summed E-state index contributed by atoms with van der Waals surface area (Å²) in [4.78, 5) is 35.1. The monoisotopic (exact) mass is 422 g/mol. The maximum absolute atomic E-state index is 12.9. The number of carbonyl (C=O) groups is 1. The summed E-state index contributed by atoms with van der Waals surface area (Å²) in [5.74, 6) is 0.900. The molecular weight excluding hydrogens is 392 g/mol. The van der Waals surface area contributed by atoms with Gasteiger partial charge in [0.1, 0.15) is 5.82 Å². The summed E-state index contributed by atoms with van der Waals surface area (Å²) < 4.78 is 1.68. The minimum absolute atomic E-state index is 0.00638. The Kier molecular flexibility index (Phi) is 6.15. The van der Waals surface area contributed by atoms with E-state index in [4.69, 9.17) is 4.98 Å². The number of piperidine rings is 1. The predicted octanol–water partition coefficient (Wildman–Crippen LogP) is 3.01. The number of amides is 1. The van der Waals surface area contributed by atoms with Crippen LogP contribution in [0, 0.1) is 12.8 Å². The fourth-order valence-electron chi connectivity index (χ4n) is 4.35. The molecule has 0 bridgehead atoms. The molecule has 3 aromatic rings. The number of nitrogens with zero attached hydrogens (tertiary/aromatic N) is 5. The maximum Gasteiger partial charge on any atom is 0.281 e. The lowest BCUT2D eigenvalue weighted by Gasteiger charge is -2.34. The molecule has 1 N–H and O–H groups in total. The van der Waals surface area contributed by atoms with Crippen LogP contribution in [0.1, 0.15) is 62.4 Å². The first-order valence-electron chi connectivity index (χ1n) is 11.2. The van der Waals surface area contributed by atoms with Crippen LogP contribution in [0.25, 0.3) is 11.2 Å². The zero-order valence-electron chi connectivity index (χ0n) is 18.5. The average Bonchev–Trinajstić information content (AvgIpc) is 3.19. The molecule has 0 spiro atoms. The van der Waals surface area contributed by atoms with Gasteiger partial charge in [0.15, 0.2) is 11.2 Å². The molecule has 1 amide bonds. The summed E-state index contributed by atoms with van der Waals surface area (Å²) in [5.41, 5.74) is 2.72. The third-order valence-corrected chi connectivity index (χ3v) is 6.30. The van der Waals surface area contributed by atoms with Gasteiger partial charge in [-0.05, 0) is 38.2 Å². The Morgan fingerprint density at radius 3 is 2.68 bits per heavy atom. The van der Waals surface area contributed by atoms with Gasteiger partial charge in [0.05, 0.1) is 6.54 Å². The van der Waals surface area contributed by atoms with Crippen LogP contribution >= 0.6 is 0 Å². The van der Waals surface area contributed by atoms with Crippen LogP contribution in [0.4, 0.5) is 0 Å². The molecule has 0 aliphatic carbocycles. The molecule has 3 heterocycles. The topological polar surface area (TPSA) is 96.8 Å². The van der Waals surface area contributed by atoms with Crippen LogP contribution in [0.15, 0.2) is 29.1 Å². The highest BCUT2D eigenvalue weighted by molar-refractivity contribution is 5.79. The maximum atomic E-state index is 12.9. The van der Waals surface area contributed by atoms with Gasteiger partial charge >= 0.3 is 0 Å². The van der Waals surface area contributed by atoms with Gasteiger partial charge in [0, 0.05) is 24.9 Å². The van der Waals surface area contributed by atoms with Crippen molar-refractivity contribution in [2.24, 2.45) is 5.92 Å². The van der Waals surface area contributed by atoms with Crippen molar-refractivity contribution >= 4 is 17.1 Å². The first kappa shape index (κ1) is 21.2. The Hall–Kier alpha value is -3.03. The number of hydrogen-bond donors (Lipinski definition) is 1. The SMILES string of the molecule is CCC(CC)C(=O)N1CCCC(c2nc3c(nnn3Cc3ccc(C)cc3)c(=O)[nH]2)C1. The van der Waals surface area contributed by atoms with Crippen LogP contribution in [-0.4, -0.2) is 48.9 Å². The quantitative estimate of drug-likeness (QED) is 0.659. The van der Waals surface area contributed by atoms with Gasteiger partial charge in [-0.25, -0.2) is 9.67 Å². The zero-order valence-corrected chi connectivity index (χ0v) is 18.5. The number of rotatable bonds is 6. The molecule has 1 aromatic carbocycles. The van der Waals surface area contributed by atoms with Crippen LogP contribution in [0.2, 0.25) is 0 Å². The van der Waals surface area contributed by atoms with E-state index in [1.165, 1.54) is 5.56 Å². The second-order valence-electron chi connectivity index (χ2n) is 8.49. The second-order valence-corrected chi connectivity index (χ2v) is 8.49. The van der Waals surface area contributed by atoms with Crippen molar-refractivity contribution in [3.05, 3.63) is 51.6 Å². The molecule has 1 unspecified atom stereocenters. The van der Waals surface area contributed by atoms with Gasteiger partial charge < -0.3 is 9.88 Å². The molecule has 8 heteroatoms. The lowest BCUT2D eigenvalue weighted by Crippen LogP contribution is -2.42. The van der Waals surface area contributed by atoms with Crippen LogP contribution in [0.5, 0.6) is 0 Å². The smallest absolute Gasteiger partial charge is 0.281 e. The van der Waals surface area contributed by atoms with E-state index in [9.17, 15) is 9.59 Å². The first-order valence-corrected chi connectivity index (χ1v) is 11.2. The fraction of sp³-hybridized carbons (Fsp3) is 0.522. The van der Waals surface area contributed by atoms with Crippen molar-refractivity contribution in [3.8, 4) is 0 Å². The molecule has 31 heavy (non-hydrogen) atoms. The van der Waals surface area contributed by atoms with Crippen LogP contribution < -0.4 is 5.56 Å². The number of nitrogens with one attached hydrogen (secondary N) is 1. The third kappa shape index (κ3) is 4.38. The van der Waals surface area contributed by atoms with E-state index in [2.05, 4.69) is 29.1 Å². The molecule has 1 aliphatic heterocycles. The number of benzene rings is 1. The third-order valence-electron chi connectivity index (χ3n) is 6.30. The van der Waals surface area contributed by atoms with Crippen LogP contribution in [-0.2, 0) is 11.3 Å². The number of H-pyrrole nitrogens is 1. The van der Waals surface area contributed by atoms with Gasteiger partial charge in [-0.1, -0.05) is 48.9 Å². The van der Waals surface area contributed by atoms with Gasteiger partial charge in [-0.3, -0.25) is 9.59 Å². The minimum atomic E-state index is -0.279. The largest absolute Gasteiger partial charge is 0.342 e. The molecule has 4 rings (SSSR count). The first-order chi connectivity index (χ1) is 15.0. The molecule has 1 fully saturated rings. The Bertz CT molecular complexity index is 1110. The molecule has 1 atom stereocenters. The van der Waals surface area contributed by atoms with Crippen molar-refractivity contribution in [2.45, 2.75) is 58.9 Å². The summed E-state index contributed by atoms with van der Waals surface area (Å²) in [5, 5.41) is 8.22. The van der Waals surface area contributed by atoms with Crippen molar-refractivity contribution in [3.63, 3.8) is 0 Å². The lowest BCUT2D eigenvalue weighted by molar-refractivity contribution is -0.137. The number of aryl methyl sites for hydroxylation is 1. The lowest BCUT2D eigenvalue weighted by atomic mass is 9.94. The summed E-state index contributed by atoms with van der Waals surface area (Å²) in [7, 11) is 0. The summed E-state index contributed by atoms with van der Waals surface area (Å²) in [6.07, 6.45) is 3.49. The summed E-state index contributed by atoms with van der Waals surface area (Å²) >= 11 is 0. The highest BCUT2D eigenvalue weighted by Gasteiger charge is 2.29. The second kappa shape index (κ2) is 8.99. The molecule has 1 aliphatic rings. The van der Waals surface area contributed by atoms with Gasteiger partial charge in [-0.15, -0.1) is 5.10 Å². The molecule has 164 valence electrons. The molecule has 2 aromatic heterocycles. The summed E-state index contributed by atoms with van der Waals surface area (Å²) in [6, 6.07) is 8.18. The summed E-state index contributed by atoms with van der Waals surface area (Å²) in [6.45, 7) is 8.01. The van der Waals surface area contributed by atoms with E-state index in [1.807, 2.05) is 36.1 Å². The minimum Gasteiger partial charge on any atom is -0.342 e. The van der Waals surface area contributed by atoms with Crippen molar-refractivity contribution in [2.75, 3.05) is 13.1 Å². The Labute approximate surface area is 181 Å². The highest BCUT2D eigenvalue weighted by atomic mass is 16.2. The van der Waals surface area contributed by atoms with Gasteiger partial charge in [0.25, 0.3) is 5.56 Å². The number of carbonyl (C=O) groups excluding carboxylic acids is 1. The fourth-order valence-corrected chi connectivity index (χ4v) is 4.35. The molecule has 0 saturated carbocycles. The van der Waals surface area contributed by atoms with E-state index < -0.39 is 0 Å². The van der Waals surface area contributed by atoms with Crippen LogP contribution in [0.3, 0.4) is 0 Å². The number of hydrogen-bond acceptors (Lipinski definition) is 5. The van der Waals surface area contributed by atoms with E-state index >= 15 is 0 Å². The molecular formula is C23H30N6O2. The van der Waals surface area contributed by atoms with Gasteiger partial charge in [0.2, 0.25) is 5.91 Å². The number of likely N-dealkylation sites (tertiary alicyclic amines) is 1. The van der Waals surface area contributed by atoms with E-state index in [1.54, 1.807) is 4.68 Å². The number of aromatic nitrogens is 5. The predicted molar refractivity (Wildman–Crippen MR) is 119 cm³/mol. The molecule has 1 saturated heterocycles. The van der Waals surface area contributed by atoms with E-state index in [0.29, 0.717) is 24.6 Å². The normalized spacial score (nSPS) is 16.9. The van der Waals surface area contributed by atoms with Gasteiger partial charge in [-0.2, -0.15) is 0 Å². The van der Waals surface area contributed by atoms with Crippen molar-refractivity contribution in [1.29, 1.82) is 0 Å². The van der Waals surface area contributed by atoms with E-state index in [0.717, 1.165) is 37.8 Å². The Balaban J connectivity index is 1.61. The van der Waals surface area contributed by atoms with Crippen molar-refractivity contribution in [1.82, 2.24) is 29.9 Å². The highest BCUT2D eigenvalue weighted by Crippen LogP contribution is 2.26. The average molecular weight is 423 g/mol. The van der Waals surface area contributed by atoms with Crippen molar-refractivity contribution < 1.29 is 4.79 Å². The molecule has 8 nitrogen and oxygen atoms in total. The number of fused-ring (bicyclic) bond motifs is 1. The Morgan fingerprint density at radius 2 is 1.97 bits per heavy atom. The Morgan fingerprint density at radius 1 is 1.23 bits per heavy atom. The number of aromatic amines is 1. The standard InChI is InChI=1S/C23H30N6O2/c1-4-17(5-2)23(31)28-12-6-7-18(14-28)20-24-21-19(22(30)25-20)26-27-29(21)13-16-10-8-15(3)9-11-16/h8-11,17-18H,4-7,12-14H2,1-3H3,(H,24,25,30). The molecule has 0 radical (unpaired) electrons. The van der Waals surface area contributed by atoms with E-state index in [-0.39, 0.29) is 28.8 Å². The zero-order chi connectivity index (χ0) is 22.0.